The van der Waals surface area contributed by atoms with Gasteiger partial charge in [-0.3, -0.25) is 4.79 Å². The number of carbonyl (C=O) groups is 2. The van der Waals surface area contributed by atoms with E-state index in [1.165, 1.54) is 23.9 Å². The zero-order valence-corrected chi connectivity index (χ0v) is 15.1. The number of rotatable bonds is 4. The summed E-state index contributed by atoms with van der Waals surface area (Å²) in [4.78, 5) is 30.0. The number of carboxylic acid groups (broad SMARTS) is 1. The minimum absolute atomic E-state index is 0.151. The fraction of sp³-hybridized carbons (Fsp3) is 0.105. The van der Waals surface area contributed by atoms with Crippen molar-refractivity contribution >= 4 is 46.3 Å². The Hall–Kier alpha value is -3.06. The minimum atomic E-state index is -1.02. The number of aliphatic imine (C=N–C) groups is 1. The predicted octanol–water partition coefficient (Wildman–Crippen LogP) is 3.34. The minimum Gasteiger partial charge on any atom is -0.478 e. The van der Waals surface area contributed by atoms with Gasteiger partial charge in [-0.05, 0) is 53.7 Å². The predicted molar refractivity (Wildman–Crippen MR) is 105 cm³/mol. The van der Waals surface area contributed by atoms with E-state index < -0.39 is 5.97 Å². The number of nitrogens with zero attached hydrogens (tertiary/aromatic N) is 2. The van der Waals surface area contributed by atoms with Crippen LogP contribution in [-0.2, 0) is 4.79 Å². The van der Waals surface area contributed by atoms with Crippen molar-refractivity contribution in [3.05, 3.63) is 64.6 Å². The number of hydrogen-bond acceptors (Lipinski definition) is 5. The maximum absolute atomic E-state index is 12.1. The van der Waals surface area contributed by atoms with Crippen LogP contribution in [0, 0.1) is 0 Å². The molecule has 1 saturated heterocycles. The number of anilines is 1. The van der Waals surface area contributed by atoms with Crippen molar-refractivity contribution in [2.75, 3.05) is 19.0 Å². The molecule has 132 valence electrons. The second-order valence-corrected chi connectivity index (χ2v) is 6.85. The SMILES string of the molecule is CN(C)c1ccc(/C=C2\SC(=Nc3cccc(C(=O)O)c3)NC2=O)cc1. The lowest BCUT2D eigenvalue weighted by atomic mass is 10.2. The van der Waals surface area contributed by atoms with Gasteiger partial charge in [0.2, 0.25) is 0 Å². The molecule has 0 aliphatic carbocycles. The maximum Gasteiger partial charge on any atom is 0.335 e. The van der Waals surface area contributed by atoms with E-state index in [2.05, 4.69) is 10.3 Å². The Labute approximate surface area is 155 Å². The van der Waals surface area contributed by atoms with Crippen LogP contribution in [0.25, 0.3) is 6.08 Å². The van der Waals surface area contributed by atoms with Crippen LogP contribution in [0.3, 0.4) is 0 Å². The summed E-state index contributed by atoms with van der Waals surface area (Å²) in [5, 5.41) is 12.2. The van der Waals surface area contributed by atoms with Gasteiger partial charge in [0.15, 0.2) is 5.17 Å². The normalized spacial score (nSPS) is 16.8. The summed E-state index contributed by atoms with van der Waals surface area (Å²) in [6, 6.07) is 14.1. The Bertz CT molecular complexity index is 918. The Morgan fingerprint density at radius 2 is 1.92 bits per heavy atom. The molecule has 2 N–H and O–H groups in total. The van der Waals surface area contributed by atoms with Gasteiger partial charge in [0.1, 0.15) is 0 Å². The van der Waals surface area contributed by atoms with E-state index in [1.54, 1.807) is 18.2 Å². The molecule has 0 atom stereocenters. The smallest absolute Gasteiger partial charge is 0.335 e. The van der Waals surface area contributed by atoms with Crippen LogP contribution < -0.4 is 10.2 Å². The van der Waals surface area contributed by atoms with Crippen LogP contribution in [0.15, 0.2) is 58.4 Å². The standard InChI is InChI=1S/C19H17N3O3S/c1-22(2)15-8-6-12(7-9-15)10-16-17(23)21-19(26-16)20-14-5-3-4-13(11-14)18(24)25/h3-11H,1-2H3,(H,24,25)(H,20,21,23)/b16-10-. The van der Waals surface area contributed by atoms with Crippen LogP contribution in [0.1, 0.15) is 15.9 Å². The fourth-order valence-electron chi connectivity index (χ4n) is 2.33. The lowest BCUT2D eigenvalue weighted by Crippen LogP contribution is -2.19. The molecule has 0 bridgehead atoms. The summed E-state index contributed by atoms with van der Waals surface area (Å²) in [6.07, 6.45) is 1.80. The van der Waals surface area contributed by atoms with Crippen LogP contribution in [-0.4, -0.2) is 36.2 Å². The number of benzene rings is 2. The fourth-order valence-corrected chi connectivity index (χ4v) is 3.17. The zero-order valence-electron chi connectivity index (χ0n) is 14.3. The molecule has 26 heavy (non-hydrogen) atoms. The number of thioether (sulfide) groups is 1. The Balaban J connectivity index is 1.79. The summed E-state index contributed by atoms with van der Waals surface area (Å²) < 4.78 is 0. The number of aromatic carboxylic acids is 1. The zero-order chi connectivity index (χ0) is 18.7. The van der Waals surface area contributed by atoms with Crippen molar-refractivity contribution in [1.82, 2.24) is 5.32 Å². The summed E-state index contributed by atoms with van der Waals surface area (Å²) >= 11 is 1.23. The number of amidine groups is 1. The number of carboxylic acids is 1. The van der Waals surface area contributed by atoms with Gasteiger partial charge in [0.05, 0.1) is 16.2 Å². The van der Waals surface area contributed by atoms with E-state index in [1.807, 2.05) is 43.3 Å². The van der Waals surface area contributed by atoms with Crippen molar-refractivity contribution in [2.45, 2.75) is 0 Å². The summed E-state index contributed by atoms with van der Waals surface area (Å²) in [7, 11) is 3.94. The first-order chi connectivity index (χ1) is 12.4. The average Bonchev–Trinajstić information content (AvgIpc) is 2.94. The third-order valence-electron chi connectivity index (χ3n) is 3.68. The van der Waals surface area contributed by atoms with Crippen molar-refractivity contribution in [1.29, 1.82) is 0 Å². The van der Waals surface area contributed by atoms with Gasteiger partial charge in [0.25, 0.3) is 5.91 Å². The van der Waals surface area contributed by atoms with Crippen LogP contribution in [0.4, 0.5) is 11.4 Å². The molecule has 7 heteroatoms. The molecular formula is C19H17N3O3S. The molecular weight excluding hydrogens is 350 g/mol. The first kappa shape index (κ1) is 17.8. The van der Waals surface area contributed by atoms with Crippen molar-refractivity contribution < 1.29 is 14.7 Å². The largest absolute Gasteiger partial charge is 0.478 e. The molecule has 1 heterocycles. The highest BCUT2D eigenvalue weighted by molar-refractivity contribution is 8.18. The molecule has 2 aromatic carbocycles. The summed E-state index contributed by atoms with van der Waals surface area (Å²) in [5.74, 6) is -1.24. The summed E-state index contributed by atoms with van der Waals surface area (Å²) in [5.41, 5.74) is 2.63. The Morgan fingerprint density at radius 3 is 2.58 bits per heavy atom. The van der Waals surface area contributed by atoms with Gasteiger partial charge in [-0.15, -0.1) is 0 Å². The molecule has 1 fully saturated rings. The molecule has 2 aromatic rings. The molecule has 3 rings (SSSR count). The van der Waals surface area contributed by atoms with E-state index in [9.17, 15) is 9.59 Å². The highest BCUT2D eigenvalue weighted by Gasteiger charge is 2.23. The quantitative estimate of drug-likeness (QED) is 0.810. The molecule has 0 spiro atoms. The van der Waals surface area contributed by atoms with E-state index in [0.717, 1.165) is 11.3 Å². The van der Waals surface area contributed by atoms with Crippen molar-refractivity contribution in [3.63, 3.8) is 0 Å². The third-order valence-corrected chi connectivity index (χ3v) is 4.59. The molecule has 1 amide bonds. The van der Waals surface area contributed by atoms with Crippen LogP contribution in [0.2, 0.25) is 0 Å². The number of amides is 1. The second-order valence-electron chi connectivity index (χ2n) is 5.82. The molecule has 1 aliphatic rings. The lowest BCUT2D eigenvalue weighted by Gasteiger charge is -2.11. The van der Waals surface area contributed by atoms with Gasteiger partial charge in [-0.2, -0.15) is 0 Å². The van der Waals surface area contributed by atoms with E-state index in [4.69, 9.17) is 5.11 Å². The molecule has 1 aliphatic heterocycles. The Morgan fingerprint density at radius 1 is 1.19 bits per heavy atom. The number of carbonyl (C=O) groups excluding carboxylic acids is 1. The van der Waals surface area contributed by atoms with Crippen molar-refractivity contribution in [3.8, 4) is 0 Å². The van der Waals surface area contributed by atoms with Crippen LogP contribution >= 0.6 is 11.8 Å². The molecule has 6 nitrogen and oxygen atoms in total. The van der Waals surface area contributed by atoms with Crippen LogP contribution in [0.5, 0.6) is 0 Å². The number of nitrogens with one attached hydrogen (secondary N) is 1. The van der Waals surface area contributed by atoms with E-state index in [0.29, 0.717) is 15.8 Å². The number of hydrogen-bond donors (Lipinski definition) is 2. The molecule has 0 radical (unpaired) electrons. The van der Waals surface area contributed by atoms with Gasteiger partial charge in [-0.1, -0.05) is 18.2 Å². The average molecular weight is 367 g/mol. The van der Waals surface area contributed by atoms with E-state index >= 15 is 0 Å². The lowest BCUT2D eigenvalue weighted by molar-refractivity contribution is -0.115. The molecule has 0 unspecified atom stereocenters. The van der Waals surface area contributed by atoms with Crippen molar-refractivity contribution in [2.24, 2.45) is 4.99 Å². The Kier molecular flexibility index (Phi) is 5.09. The monoisotopic (exact) mass is 367 g/mol. The highest BCUT2D eigenvalue weighted by Crippen LogP contribution is 2.28. The first-order valence-corrected chi connectivity index (χ1v) is 8.64. The second kappa shape index (κ2) is 7.45. The highest BCUT2D eigenvalue weighted by atomic mass is 32.2. The van der Waals surface area contributed by atoms with E-state index in [-0.39, 0.29) is 11.5 Å². The first-order valence-electron chi connectivity index (χ1n) is 7.83. The molecule has 0 aromatic heterocycles. The topological polar surface area (TPSA) is 82.0 Å². The molecule has 0 saturated carbocycles. The van der Waals surface area contributed by atoms with Gasteiger partial charge < -0.3 is 15.3 Å². The van der Waals surface area contributed by atoms with Gasteiger partial charge in [0, 0.05) is 19.8 Å². The maximum atomic E-state index is 12.1. The van der Waals surface area contributed by atoms with Gasteiger partial charge in [-0.25, -0.2) is 9.79 Å². The summed E-state index contributed by atoms with van der Waals surface area (Å²) in [6.45, 7) is 0. The van der Waals surface area contributed by atoms with Gasteiger partial charge >= 0.3 is 5.97 Å². The third kappa shape index (κ3) is 4.12.